The van der Waals surface area contributed by atoms with Crippen molar-refractivity contribution in [2.75, 3.05) is 19.5 Å². The summed E-state index contributed by atoms with van der Waals surface area (Å²) in [6.07, 6.45) is 3.51. The Morgan fingerprint density at radius 3 is 2.47 bits per heavy atom. The molecule has 2 heterocycles. The number of pyridine rings is 1. The van der Waals surface area contributed by atoms with Crippen LogP contribution in [-0.2, 0) is 0 Å². The smallest absolute Gasteiger partial charge is 0.196 e. The SMILES string of the molecule is COc1ccc(-n2c(SCCOc3cccc(C)c3)nnc2-c2ccncc2)cc1. The van der Waals surface area contributed by atoms with Crippen LogP contribution in [0.1, 0.15) is 5.56 Å². The van der Waals surface area contributed by atoms with Gasteiger partial charge in [0.2, 0.25) is 0 Å². The maximum Gasteiger partial charge on any atom is 0.196 e. The molecule has 152 valence electrons. The number of benzene rings is 2. The highest BCUT2D eigenvalue weighted by Gasteiger charge is 2.16. The van der Waals surface area contributed by atoms with Crippen molar-refractivity contribution < 1.29 is 9.47 Å². The average molecular weight is 419 g/mol. The van der Waals surface area contributed by atoms with Crippen LogP contribution >= 0.6 is 11.8 Å². The van der Waals surface area contributed by atoms with Crippen molar-refractivity contribution >= 4 is 11.8 Å². The van der Waals surface area contributed by atoms with Crippen LogP contribution in [0.15, 0.2) is 78.2 Å². The highest BCUT2D eigenvalue weighted by molar-refractivity contribution is 7.99. The number of methoxy groups -OCH3 is 1. The van der Waals surface area contributed by atoms with Crippen LogP contribution in [0.25, 0.3) is 17.1 Å². The van der Waals surface area contributed by atoms with Crippen LogP contribution in [0, 0.1) is 6.92 Å². The molecule has 0 aliphatic heterocycles. The van der Waals surface area contributed by atoms with E-state index in [2.05, 4.69) is 28.2 Å². The van der Waals surface area contributed by atoms with Gasteiger partial charge in [-0.1, -0.05) is 23.9 Å². The number of aryl methyl sites for hydroxylation is 1. The summed E-state index contributed by atoms with van der Waals surface area (Å²) in [5.74, 6) is 3.20. The van der Waals surface area contributed by atoms with Gasteiger partial charge in [0.25, 0.3) is 0 Å². The Hall–Kier alpha value is -3.32. The molecular formula is C23H22N4O2S. The molecule has 0 aliphatic carbocycles. The Morgan fingerprint density at radius 2 is 1.73 bits per heavy atom. The Morgan fingerprint density at radius 1 is 0.933 bits per heavy atom. The second-order valence-electron chi connectivity index (χ2n) is 6.59. The van der Waals surface area contributed by atoms with Crippen LogP contribution in [0.4, 0.5) is 0 Å². The van der Waals surface area contributed by atoms with E-state index >= 15 is 0 Å². The third-order valence-corrected chi connectivity index (χ3v) is 5.37. The second-order valence-corrected chi connectivity index (χ2v) is 7.65. The summed E-state index contributed by atoms with van der Waals surface area (Å²) in [6, 6.07) is 19.8. The van der Waals surface area contributed by atoms with Gasteiger partial charge in [-0.2, -0.15) is 0 Å². The van der Waals surface area contributed by atoms with Gasteiger partial charge in [0.1, 0.15) is 11.5 Å². The highest BCUT2D eigenvalue weighted by Crippen LogP contribution is 2.28. The van der Waals surface area contributed by atoms with E-state index in [1.165, 1.54) is 5.56 Å². The molecule has 2 aromatic heterocycles. The maximum absolute atomic E-state index is 5.87. The zero-order valence-corrected chi connectivity index (χ0v) is 17.7. The van der Waals surface area contributed by atoms with Crippen LogP contribution in [0.3, 0.4) is 0 Å². The van der Waals surface area contributed by atoms with E-state index < -0.39 is 0 Å². The van der Waals surface area contributed by atoms with E-state index in [1.807, 2.05) is 59.2 Å². The molecule has 0 aliphatic rings. The molecule has 0 unspecified atom stereocenters. The normalized spacial score (nSPS) is 10.7. The number of ether oxygens (including phenoxy) is 2. The monoisotopic (exact) mass is 418 g/mol. The van der Waals surface area contributed by atoms with Gasteiger partial charge in [-0.15, -0.1) is 10.2 Å². The summed E-state index contributed by atoms with van der Waals surface area (Å²) >= 11 is 1.61. The summed E-state index contributed by atoms with van der Waals surface area (Å²) in [7, 11) is 1.66. The molecule has 7 heteroatoms. The van der Waals surface area contributed by atoms with Gasteiger partial charge in [0.05, 0.1) is 13.7 Å². The Kier molecular flexibility index (Phi) is 6.29. The third-order valence-electron chi connectivity index (χ3n) is 4.48. The molecule has 0 N–H and O–H groups in total. The van der Waals surface area contributed by atoms with Crippen molar-refractivity contribution in [3.8, 4) is 28.6 Å². The Bertz CT molecular complexity index is 1100. The second kappa shape index (κ2) is 9.45. The first-order valence-electron chi connectivity index (χ1n) is 9.57. The largest absolute Gasteiger partial charge is 0.497 e. The summed E-state index contributed by atoms with van der Waals surface area (Å²) in [5.41, 5.74) is 3.10. The van der Waals surface area contributed by atoms with E-state index in [1.54, 1.807) is 31.3 Å². The number of nitrogens with zero attached hydrogens (tertiary/aromatic N) is 4. The topological polar surface area (TPSA) is 62.1 Å². The van der Waals surface area contributed by atoms with Gasteiger partial charge in [-0.25, -0.2) is 0 Å². The first kappa shape index (κ1) is 20.0. The van der Waals surface area contributed by atoms with E-state index in [9.17, 15) is 0 Å². The first-order chi connectivity index (χ1) is 14.7. The van der Waals surface area contributed by atoms with Crippen molar-refractivity contribution in [1.82, 2.24) is 19.7 Å². The van der Waals surface area contributed by atoms with Crippen LogP contribution in [0.2, 0.25) is 0 Å². The molecule has 0 spiro atoms. The van der Waals surface area contributed by atoms with Crippen molar-refractivity contribution in [1.29, 1.82) is 0 Å². The molecule has 4 rings (SSSR count). The summed E-state index contributed by atoms with van der Waals surface area (Å²) in [5, 5.41) is 9.69. The fraction of sp³-hybridized carbons (Fsp3) is 0.174. The molecule has 0 fully saturated rings. The number of hydrogen-bond acceptors (Lipinski definition) is 6. The molecule has 30 heavy (non-hydrogen) atoms. The van der Waals surface area contributed by atoms with Crippen LogP contribution < -0.4 is 9.47 Å². The van der Waals surface area contributed by atoms with E-state index in [4.69, 9.17) is 9.47 Å². The summed E-state index contributed by atoms with van der Waals surface area (Å²) < 4.78 is 13.2. The van der Waals surface area contributed by atoms with Gasteiger partial charge in [0, 0.05) is 29.4 Å². The molecule has 0 atom stereocenters. The molecule has 0 amide bonds. The lowest BCUT2D eigenvalue weighted by Gasteiger charge is -2.11. The molecule has 0 bridgehead atoms. The molecular weight excluding hydrogens is 396 g/mol. The first-order valence-corrected chi connectivity index (χ1v) is 10.6. The van der Waals surface area contributed by atoms with Gasteiger partial charge in [-0.05, 0) is 61.0 Å². The van der Waals surface area contributed by atoms with E-state index in [0.29, 0.717) is 6.61 Å². The van der Waals surface area contributed by atoms with Crippen LogP contribution in [-0.4, -0.2) is 39.2 Å². The molecule has 6 nitrogen and oxygen atoms in total. The van der Waals surface area contributed by atoms with Crippen molar-refractivity contribution in [2.45, 2.75) is 12.1 Å². The van der Waals surface area contributed by atoms with Gasteiger partial charge < -0.3 is 9.47 Å². The minimum atomic E-state index is 0.578. The summed E-state index contributed by atoms with van der Waals surface area (Å²) in [4.78, 5) is 4.10. The number of thioether (sulfide) groups is 1. The van der Waals surface area contributed by atoms with Crippen molar-refractivity contribution in [3.05, 3.63) is 78.6 Å². The fourth-order valence-electron chi connectivity index (χ4n) is 3.01. The standard InChI is InChI=1S/C23H22N4O2S/c1-17-4-3-5-21(16-17)29-14-15-30-23-26-25-22(18-10-12-24-13-11-18)27(23)19-6-8-20(28-2)9-7-19/h3-13,16H,14-15H2,1-2H3. The lowest BCUT2D eigenvalue weighted by molar-refractivity contribution is 0.343. The van der Waals surface area contributed by atoms with Gasteiger partial charge >= 0.3 is 0 Å². The zero-order chi connectivity index (χ0) is 20.8. The minimum absolute atomic E-state index is 0.578. The lowest BCUT2D eigenvalue weighted by Crippen LogP contribution is -2.03. The van der Waals surface area contributed by atoms with Crippen LogP contribution in [0.5, 0.6) is 11.5 Å². The Balaban J connectivity index is 1.55. The maximum atomic E-state index is 5.87. The molecule has 4 aromatic rings. The van der Waals surface area contributed by atoms with Crippen molar-refractivity contribution in [2.24, 2.45) is 0 Å². The summed E-state index contributed by atoms with van der Waals surface area (Å²) in [6.45, 7) is 2.63. The average Bonchev–Trinajstić information content (AvgIpc) is 3.21. The van der Waals surface area contributed by atoms with Crippen molar-refractivity contribution in [3.63, 3.8) is 0 Å². The number of rotatable bonds is 8. The molecule has 0 saturated carbocycles. The van der Waals surface area contributed by atoms with E-state index in [0.717, 1.165) is 39.5 Å². The Labute approximate surface area is 179 Å². The zero-order valence-electron chi connectivity index (χ0n) is 16.9. The minimum Gasteiger partial charge on any atom is -0.497 e. The van der Waals surface area contributed by atoms with Gasteiger partial charge in [-0.3, -0.25) is 9.55 Å². The predicted octanol–water partition coefficient (Wildman–Crippen LogP) is 4.82. The molecule has 0 radical (unpaired) electrons. The quantitative estimate of drug-likeness (QED) is 0.302. The number of aromatic nitrogens is 4. The third kappa shape index (κ3) is 4.63. The lowest BCUT2D eigenvalue weighted by atomic mass is 10.2. The van der Waals surface area contributed by atoms with E-state index in [-0.39, 0.29) is 0 Å². The number of hydrogen-bond donors (Lipinski definition) is 0. The fourth-order valence-corrected chi connectivity index (χ4v) is 3.78. The molecule has 0 saturated heterocycles. The predicted molar refractivity (Wildman–Crippen MR) is 119 cm³/mol. The highest BCUT2D eigenvalue weighted by atomic mass is 32.2. The molecule has 2 aromatic carbocycles. The van der Waals surface area contributed by atoms with Gasteiger partial charge in [0.15, 0.2) is 11.0 Å².